The summed E-state index contributed by atoms with van der Waals surface area (Å²) in [6.07, 6.45) is 5.05. The summed E-state index contributed by atoms with van der Waals surface area (Å²) in [7, 11) is 1.74. The highest BCUT2D eigenvalue weighted by molar-refractivity contribution is 14.1. The minimum atomic E-state index is -0.211. The Morgan fingerprint density at radius 1 is 1.35 bits per heavy atom. The van der Waals surface area contributed by atoms with Gasteiger partial charge in [0.15, 0.2) is 0 Å². The zero-order valence-electron chi connectivity index (χ0n) is 12.2. The van der Waals surface area contributed by atoms with E-state index in [-0.39, 0.29) is 5.91 Å². The zero-order valence-corrected chi connectivity index (χ0v) is 15.1. The summed E-state index contributed by atoms with van der Waals surface area (Å²) in [5, 5.41) is 11.8. The second kappa shape index (κ2) is 6.71. The van der Waals surface area contributed by atoms with Crippen molar-refractivity contribution in [1.29, 1.82) is 0 Å². The molecule has 0 fully saturated rings. The van der Waals surface area contributed by atoms with Gasteiger partial charge in [-0.05, 0) is 40.3 Å². The first kappa shape index (κ1) is 16.0. The molecule has 3 rings (SSSR count). The average Bonchev–Trinajstić information content (AvgIpc) is 3.06. The predicted molar refractivity (Wildman–Crippen MR) is 96.7 cm³/mol. The SMILES string of the molecule is Cn1ncc(I)c1C(=O)Nc1cnn(Cc2cccc(Cl)c2)c1. The lowest BCUT2D eigenvalue weighted by atomic mass is 10.2. The summed E-state index contributed by atoms with van der Waals surface area (Å²) in [5.74, 6) is -0.211. The van der Waals surface area contributed by atoms with Crippen molar-refractivity contribution < 1.29 is 4.79 Å². The third-order valence-corrected chi connectivity index (χ3v) is 4.26. The number of hydrogen-bond acceptors (Lipinski definition) is 3. The summed E-state index contributed by atoms with van der Waals surface area (Å²) in [6.45, 7) is 0.583. The number of anilines is 1. The molecule has 1 amide bonds. The van der Waals surface area contributed by atoms with Crippen LogP contribution in [0.1, 0.15) is 16.1 Å². The first-order valence-electron chi connectivity index (χ1n) is 6.78. The Labute approximate surface area is 151 Å². The van der Waals surface area contributed by atoms with Crippen LogP contribution in [0, 0.1) is 3.57 Å². The molecule has 0 spiro atoms. The molecule has 0 bridgehead atoms. The summed E-state index contributed by atoms with van der Waals surface area (Å²) in [6, 6.07) is 7.59. The number of carbonyl (C=O) groups is 1. The number of aryl methyl sites for hydroxylation is 1. The maximum atomic E-state index is 12.3. The predicted octanol–water partition coefficient (Wildman–Crippen LogP) is 3.18. The molecule has 0 unspecified atom stereocenters. The van der Waals surface area contributed by atoms with Crippen molar-refractivity contribution in [3.05, 3.63) is 62.7 Å². The van der Waals surface area contributed by atoms with Crippen LogP contribution in [0.15, 0.2) is 42.9 Å². The highest BCUT2D eigenvalue weighted by Crippen LogP contribution is 2.15. The van der Waals surface area contributed by atoms with Gasteiger partial charge in [0.2, 0.25) is 0 Å². The molecule has 2 aromatic heterocycles. The molecular weight excluding hydrogens is 429 g/mol. The van der Waals surface area contributed by atoms with Crippen LogP contribution in [0.5, 0.6) is 0 Å². The van der Waals surface area contributed by atoms with Gasteiger partial charge in [0, 0.05) is 18.3 Å². The highest BCUT2D eigenvalue weighted by Gasteiger charge is 2.15. The summed E-state index contributed by atoms with van der Waals surface area (Å²) < 4.78 is 4.09. The molecule has 0 saturated carbocycles. The quantitative estimate of drug-likeness (QED) is 0.633. The van der Waals surface area contributed by atoms with Crippen molar-refractivity contribution in [1.82, 2.24) is 19.6 Å². The van der Waals surface area contributed by atoms with Crippen LogP contribution in [-0.4, -0.2) is 25.5 Å². The molecule has 0 aliphatic heterocycles. The second-order valence-electron chi connectivity index (χ2n) is 4.98. The fourth-order valence-corrected chi connectivity index (χ4v) is 3.12. The van der Waals surface area contributed by atoms with E-state index in [1.807, 2.05) is 24.3 Å². The molecule has 8 heteroatoms. The van der Waals surface area contributed by atoms with Gasteiger partial charge in [-0.1, -0.05) is 23.7 Å². The molecule has 0 aliphatic carbocycles. The van der Waals surface area contributed by atoms with Gasteiger partial charge < -0.3 is 5.32 Å². The first-order valence-corrected chi connectivity index (χ1v) is 8.24. The van der Waals surface area contributed by atoms with Crippen molar-refractivity contribution in [2.75, 3.05) is 5.32 Å². The van der Waals surface area contributed by atoms with E-state index in [1.54, 1.807) is 35.0 Å². The van der Waals surface area contributed by atoms with E-state index in [1.165, 1.54) is 0 Å². The summed E-state index contributed by atoms with van der Waals surface area (Å²) in [5.41, 5.74) is 2.20. The third kappa shape index (κ3) is 3.73. The minimum absolute atomic E-state index is 0.211. The monoisotopic (exact) mass is 441 g/mol. The Bertz CT molecular complexity index is 838. The normalized spacial score (nSPS) is 10.7. The smallest absolute Gasteiger partial charge is 0.275 e. The van der Waals surface area contributed by atoms with Gasteiger partial charge in [0.1, 0.15) is 5.69 Å². The number of nitrogens with one attached hydrogen (secondary N) is 1. The lowest BCUT2D eigenvalue weighted by molar-refractivity contribution is 0.101. The first-order chi connectivity index (χ1) is 11.0. The van der Waals surface area contributed by atoms with Crippen molar-refractivity contribution in [3.8, 4) is 0 Å². The Balaban J connectivity index is 1.71. The van der Waals surface area contributed by atoms with Crippen molar-refractivity contribution in [3.63, 3.8) is 0 Å². The average molecular weight is 442 g/mol. The topological polar surface area (TPSA) is 64.7 Å². The van der Waals surface area contributed by atoms with Gasteiger partial charge in [-0.2, -0.15) is 10.2 Å². The summed E-state index contributed by atoms with van der Waals surface area (Å²) in [4.78, 5) is 12.3. The summed E-state index contributed by atoms with van der Waals surface area (Å²) >= 11 is 8.06. The van der Waals surface area contributed by atoms with Gasteiger partial charge in [-0.3, -0.25) is 14.2 Å². The molecule has 1 aromatic carbocycles. The largest absolute Gasteiger partial charge is 0.318 e. The Morgan fingerprint density at radius 2 is 2.17 bits per heavy atom. The van der Waals surface area contributed by atoms with Crippen molar-refractivity contribution in [2.45, 2.75) is 6.54 Å². The van der Waals surface area contributed by atoms with Crippen LogP contribution in [0.2, 0.25) is 5.02 Å². The van der Waals surface area contributed by atoms with E-state index < -0.39 is 0 Å². The molecule has 0 radical (unpaired) electrons. The molecule has 0 saturated heterocycles. The van der Waals surface area contributed by atoms with E-state index in [0.717, 1.165) is 9.13 Å². The lowest BCUT2D eigenvalue weighted by Gasteiger charge is -2.04. The van der Waals surface area contributed by atoms with Crippen LogP contribution in [0.25, 0.3) is 0 Å². The van der Waals surface area contributed by atoms with Gasteiger partial charge in [-0.15, -0.1) is 0 Å². The Kier molecular flexibility index (Phi) is 4.67. The molecule has 0 atom stereocenters. The molecule has 0 aliphatic rings. The number of halogens is 2. The maximum absolute atomic E-state index is 12.3. The van der Waals surface area contributed by atoms with Crippen LogP contribution in [-0.2, 0) is 13.6 Å². The molecule has 2 heterocycles. The van der Waals surface area contributed by atoms with Crippen LogP contribution >= 0.6 is 34.2 Å². The van der Waals surface area contributed by atoms with Crippen molar-refractivity contribution >= 4 is 45.8 Å². The van der Waals surface area contributed by atoms with E-state index in [2.05, 4.69) is 38.1 Å². The molecule has 6 nitrogen and oxygen atoms in total. The van der Waals surface area contributed by atoms with Crippen LogP contribution < -0.4 is 5.32 Å². The van der Waals surface area contributed by atoms with Gasteiger partial charge >= 0.3 is 0 Å². The molecule has 3 aromatic rings. The van der Waals surface area contributed by atoms with E-state index in [0.29, 0.717) is 22.9 Å². The number of aromatic nitrogens is 4. The fourth-order valence-electron chi connectivity index (χ4n) is 2.19. The van der Waals surface area contributed by atoms with E-state index in [9.17, 15) is 4.79 Å². The van der Waals surface area contributed by atoms with Crippen LogP contribution in [0.4, 0.5) is 5.69 Å². The zero-order chi connectivity index (χ0) is 16.4. The number of amides is 1. The Morgan fingerprint density at radius 3 is 2.87 bits per heavy atom. The number of rotatable bonds is 4. The number of benzene rings is 1. The van der Waals surface area contributed by atoms with E-state index >= 15 is 0 Å². The number of nitrogens with zero attached hydrogens (tertiary/aromatic N) is 4. The fraction of sp³-hybridized carbons (Fsp3) is 0.133. The van der Waals surface area contributed by atoms with Gasteiger partial charge in [0.05, 0.1) is 28.2 Å². The lowest BCUT2D eigenvalue weighted by Crippen LogP contribution is -2.17. The number of carbonyl (C=O) groups excluding carboxylic acids is 1. The van der Waals surface area contributed by atoms with E-state index in [4.69, 9.17) is 11.6 Å². The molecular formula is C15H13ClIN5O. The minimum Gasteiger partial charge on any atom is -0.318 e. The van der Waals surface area contributed by atoms with Crippen LogP contribution in [0.3, 0.4) is 0 Å². The number of hydrogen-bond donors (Lipinski definition) is 1. The second-order valence-corrected chi connectivity index (χ2v) is 6.57. The third-order valence-electron chi connectivity index (χ3n) is 3.23. The van der Waals surface area contributed by atoms with Gasteiger partial charge in [0.25, 0.3) is 5.91 Å². The highest BCUT2D eigenvalue weighted by atomic mass is 127. The molecule has 118 valence electrons. The van der Waals surface area contributed by atoms with Crippen molar-refractivity contribution in [2.24, 2.45) is 7.05 Å². The molecule has 1 N–H and O–H groups in total. The Hall–Kier alpha value is -1.87. The maximum Gasteiger partial charge on any atom is 0.275 e. The molecule has 23 heavy (non-hydrogen) atoms. The standard InChI is InChI=1S/C15H13ClIN5O/c1-21-14(13(17)7-18-21)15(23)20-12-6-19-22(9-12)8-10-3-2-4-11(16)5-10/h2-7,9H,8H2,1H3,(H,20,23). The van der Waals surface area contributed by atoms with Gasteiger partial charge in [-0.25, -0.2) is 0 Å².